The Morgan fingerprint density at radius 3 is 2.37 bits per heavy atom. The summed E-state index contributed by atoms with van der Waals surface area (Å²) in [6, 6.07) is 15.1. The molecule has 1 heterocycles. The molecule has 1 aliphatic carbocycles. The van der Waals surface area contributed by atoms with Crippen molar-refractivity contribution in [3.05, 3.63) is 59.7 Å². The lowest BCUT2D eigenvalue weighted by molar-refractivity contribution is 0.169. The first-order valence-electron chi connectivity index (χ1n) is 9.71. The summed E-state index contributed by atoms with van der Waals surface area (Å²) in [7, 11) is -2.00. The molecule has 0 saturated heterocycles. The van der Waals surface area contributed by atoms with E-state index in [2.05, 4.69) is 25.1 Å². The highest BCUT2D eigenvalue weighted by atomic mass is 32.2. The van der Waals surface area contributed by atoms with Gasteiger partial charge in [-0.2, -0.15) is 4.31 Å². The molecule has 0 N–H and O–H groups in total. The number of methoxy groups -OCH3 is 1. The molecule has 0 amide bonds. The predicted molar refractivity (Wildman–Crippen MR) is 106 cm³/mol. The van der Waals surface area contributed by atoms with Crippen LogP contribution in [0.25, 0.3) is 0 Å². The maximum Gasteiger partial charge on any atom is 0.243 e. The van der Waals surface area contributed by atoms with Gasteiger partial charge in [0.25, 0.3) is 0 Å². The van der Waals surface area contributed by atoms with Crippen molar-refractivity contribution < 1.29 is 13.2 Å². The van der Waals surface area contributed by atoms with Crippen molar-refractivity contribution in [2.75, 3.05) is 7.11 Å². The number of hydrogen-bond donors (Lipinski definition) is 0. The van der Waals surface area contributed by atoms with Crippen molar-refractivity contribution in [3.63, 3.8) is 0 Å². The maximum atomic E-state index is 13.7. The number of hydrogen-bond acceptors (Lipinski definition) is 3. The molecule has 0 radical (unpaired) electrons. The molecule has 1 saturated carbocycles. The largest absolute Gasteiger partial charge is 0.497 e. The van der Waals surface area contributed by atoms with Crippen LogP contribution in [-0.4, -0.2) is 25.4 Å². The van der Waals surface area contributed by atoms with Crippen molar-refractivity contribution in [1.29, 1.82) is 0 Å². The van der Waals surface area contributed by atoms with Crippen LogP contribution in [0.2, 0.25) is 0 Å². The minimum Gasteiger partial charge on any atom is -0.497 e. The van der Waals surface area contributed by atoms with E-state index in [0.29, 0.717) is 23.1 Å². The third-order valence-electron chi connectivity index (χ3n) is 6.30. The van der Waals surface area contributed by atoms with Gasteiger partial charge in [0.2, 0.25) is 10.0 Å². The molecule has 1 spiro atoms. The van der Waals surface area contributed by atoms with Crippen molar-refractivity contribution in [3.8, 4) is 5.75 Å². The fourth-order valence-corrected chi connectivity index (χ4v) is 6.78. The number of rotatable bonds is 3. The maximum absolute atomic E-state index is 13.7. The first kappa shape index (κ1) is 18.5. The molecule has 1 atom stereocenters. The molecule has 2 aromatic carbocycles. The molecule has 5 heteroatoms. The summed E-state index contributed by atoms with van der Waals surface area (Å²) in [5.41, 5.74) is 2.14. The number of fused-ring (bicyclic) bond motifs is 1. The molecule has 0 bridgehead atoms. The van der Waals surface area contributed by atoms with Gasteiger partial charge in [-0.3, -0.25) is 0 Å². The second-order valence-corrected chi connectivity index (χ2v) is 9.78. The van der Waals surface area contributed by atoms with Crippen LogP contribution >= 0.6 is 0 Å². The molecule has 27 heavy (non-hydrogen) atoms. The van der Waals surface area contributed by atoms with Gasteiger partial charge in [-0.25, -0.2) is 8.42 Å². The summed E-state index contributed by atoms with van der Waals surface area (Å²) in [5.74, 6) is 1.02. The Morgan fingerprint density at radius 1 is 1.04 bits per heavy atom. The van der Waals surface area contributed by atoms with Crippen LogP contribution in [-0.2, 0) is 16.6 Å². The van der Waals surface area contributed by atoms with E-state index in [1.807, 2.05) is 10.4 Å². The van der Waals surface area contributed by atoms with Crippen molar-refractivity contribution in [2.45, 2.75) is 61.9 Å². The predicted octanol–water partition coefficient (Wildman–Crippen LogP) is 4.71. The summed E-state index contributed by atoms with van der Waals surface area (Å²) < 4.78 is 34.4. The van der Waals surface area contributed by atoms with Crippen molar-refractivity contribution in [2.24, 2.45) is 0 Å². The molecule has 1 fully saturated rings. The first-order valence-corrected chi connectivity index (χ1v) is 11.1. The highest BCUT2D eigenvalue weighted by molar-refractivity contribution is 7.89. The molecular weight excluding hydrogens is 358 g/mol. The van der Waals surface area contributed by atoms with Gasteiger partial charge in [0.15, 0.2) is 0 Å². The summed E-state index contributed by atoms with van der Waals surface area (Å²) in [6.45, 7) is 2.69. The molecule has 1 aliphatic heterocycles. The van der Waals surface area contributed by atoms with Crippen LogP contribution in [0.3, 0.4) is 0 Å². The van der Waals surface area contributed by atoms with Gasteiger partial charge in [-0.1, -0.05) is 44.0 Å². The fraction of sp³-hybridized carbons (Fsp3) is 0.455. The Hall–Kier alpha value is -1.85. The van der Waals surface area contributed by atoms with Gasteiger partial charge in [-0.05, 0) is 60.6 Å². The lowest BCUT2D eigenvalue weighted by atomic mass is 9.84. The first-order chi connectivity index (χ1) is 13.0. The quantitative estimate of drug-likeness (QED) is 0.769. The van der Waals surface area contributed by atoms with E-state index < -0.39 is 10.0 Å². The molecule has 0 aromatic heterocycles. The van der Waals surface area contributed by atoms with E-state index in [1.165, 1.54) is 5.56 Å². The number of sulfonamides is 1. The van der Waals surface area contributed by atoms with E-state index in [0.717, 1.165) is 37.7 Å². The summed E-state index contributed by atoms with van der Waals surface area (Å²) in [4.78, 5) is 0.349. The molecule has 2 aromatic rings. The second-order valence-electron chi connectivity index (χ2n) is 7.92. The number of ether oxygens (including phenoxy) is 1. The monoisotopic (exact) mass is 385 g/mol. The minimum atomic E-state index is -3.59. The minimum absolute atomic E-state index is 0.281. The molecule has 144 valence electrons. The van der Waals surface area contributed by atoms with Crippen LogP contribution in [0, 0.1) is 0 Å². The normalized spacial score (nSPS) is 22.4. The SMILES string of the molecule is COc1ccc(S(=O)(=O)N2Cc3ccccc3C(C)CC23CCCC3)cc1. The van der Waals surface area contributed by atoms with E-state index in [9.17, 15) is 8.42 Å². The van der Waals surface area contributed by atoms with Gasteiger partial charge in [0, 0.05) is 12.1 Å². The van der Waals surface area contributed by atoms with Crippen LogP contribution in [0.15, 0.2) is 53.4 Å². The highest BCUT2D eigenvalue weighted by Gasteiger charge is 2.48. The third kappa shape index (κ3) is 3.17. The van der Waals surface area contributed by atoms with Crippen LogP contribution in [0.4, 0.5) is 0 Å². The van der Waals surface area contributed by atoms with Crippen LogP contribution in [0.1, 0.15) is 56.1 Å². The molecule has 4 rings (SSSR count). The summed E-state index contributed by atoms with van der Waals surface area (Å²) >= 11 is 0. The van der Waals surface area contributed by atoms with Gasteiger partial charge >= 0.3 is 0 Å². The summed E-state index contributed by atoms with van der Waals surface area (Å²) in [6.07, 6.45) is 4.97. The average molecular weight is 386 g/mol. The lowest BCUT2D eigenvalue weighted by Crippen LogP contribution is -2.49. The van der Waals surface area contributed by atoms with E-state index >= 15 is 0 Å². The van der Waals surface area contributed by atoms with E-state index in [1.54, 1.807) is 31.4 Å². The van der Waals surface area contributed by atoms with Gasteiger partial charge in [0.05, 0.1) is 12.0 Å². The topological polar surface area (TPSA) is 46.6 Å². The zero-order chi connectivity index (χ0) is 19.1. The van der Waals surface area contributed by atoms with Gasteiger partial charge in [-0.15, -0.1) is 0 Å². The molecule has 2 aliphatic rings. The number of benzene rings is 2. The van der Waals surface area contributed by atoms with Crippen molar-refractivity contribution >= 4 is 10.0 Å². The van der Waals surface area contributed by atoms with E-state index in [4.69, 9.17) is 4.74 Å². The zero-order valence-corrected chi connectivity index (χ0v) is 16.8. The van der Waals surface area contributed by atoms with Crippen LogP contribution < -0.4 is 4.74 Å². The third-order valence-corrected chi connectivity index (χ3v) is 8.26. The Balaban J connectivity index is 1.82. The second kappa shape index (κ2) is 6.95. The fourth-order valence-electron chi connectivity index (χ4n) is 4.96. The average Bonchev–Trinajstić information content (AvgIpc) is 3.10. The van der Waals surface area contributed by atoms with Gasteiger partial charge in [0.1, 0.15) is 5.75 Å². The van der Waals surface area contributed by atoms with Gasteiger partial charge < -0.3 is 4.74 Å². The lowest BCUT2D eigenvalue weighted by Gasteiger charge is -2.40. The highest BCUT2D eigenvalue weighted by Crippen LogP contribution is 2.48. The Morgan fingerprint density at radius 2 is 1.70 bits per heavy atom. The Bertz CT molecular complexity index is 915. The summed E-state index contributed by atoms with van der Waals surface area (Å²) in [5, 5.41) is 0. The smallest absolute Gasteiger partial charge is 0.243 e. The molecule has 1 unspecified atom stereocenters. The zero-order valence-electron chi connectivity index (χ0n) is 16.0. The standard InChI is InChI=1S/C22H27NO3S/c1-17-15-22(13-5-6-14-22)23(16-18-7-3-4-8-21(17)18)27(24,25)20-11-9-19(26-2)10-12-20/h3-4,7-12,17H,5-6,13-16H2,1-2H3. The Labute approximate surface area is 162 Å². The molecule has 4 nitrogen and oxygen atoms in total. The molecular formula is C22H27NO3S. The van der Waals surface area contributed by atoms with Crippen LogP contribution in [0.5, 0.6) is 5.75 Å². The number of nitrogens with zero attached hydrogens (tertiary/aromatic N) is 1. The van der Waals surface area contributed by atoms with Crippen molar-refractivity contribution in [1.82, 2.24) is 4.31 Å². The van der Waals surface area contributed by atoms with E-state index in [-0.39, 0.29) is 5.54 Å². The Kier molecular flexibility index (Phi) is 4.77.